The first-order valence-electron chi connectivity index (χ1n) is 4.22. The summed E-state index contributed by atoms with van der Waals surface area (Å²) >= 11 is 0. The Morgan fingerprint density at radius 3 is 2.07 bits per heavy atom. The van der Waals surface area contributed by atoms with Crippen LogP contribution in [0.5, 0.6) is 0 Å². The van der Waals surface area contributed by atoms with E-state index in [2.05, 4.69) is 4.74 Å². The third-order valence-corrected chi connectivity index (χ3v) is 1.48. The molecule has 0 aromatic heterocycles. The third kappa shape index (κ3) is 6.44. The molecule has 0 radical (unpaired) electrons. The summed E-state index contributed by atoms with van der Waals surface area (Å²) in [6.45, 7) is 1.39. The van der Waals surface area contributed by atoms with Gasteiger partial charge in [0.15, 0.2) is 0 Å². The molecular formula is C8H13NO6. The minimum absolute atomic E-state index is 0.342. The molecule has 0 saturated heterocycles. The molecule has 0 aliphatic carbocycles. The first kappa shape index (κ1) is 13.4. The quantitative estimate of drug-likeness (QED) is 0.498. The predicted molar refractivity (Wildman–Crippen MR) is 48.0 cm³/mol. The summed E-state index contributed by atoms with van der Waals surface area (Å²) in [6.07, 6.45) is -1.71. The van der Waals surface area contributed by atoms with Crippen molar-refractivity contribution in [3.05, 3.63) is 0 Å². The second-order valence-electron chi connectivity index (χ2n) is 3.05. The summed E-state index contributed by atoms with van der Waals surface area (Å²) in [5, 5.41) is 16.7. The van der Waals surface area contributed by atoms with Gasteiger partial charge in [-0.2, -0.15) is 0 Å². The lowest BCUT2D eigenvalue weighted by Crippen LogP contribution is -2.36. The first-order chi connectivity index (χ1) is 6.82. The van der Waals surface area contributed by atoms with E-state index in [4.69, 9.17) is 15.9 Å². The number of carboxylic acid groups (broad SMARTS) is 2. The van der Waals surface area contributed by atoms with Crippen molar-refractivity contribution in [3.63, 3.8) is 0 Å². The van der Waals surface area contributed by atoms with Crippen LogP contribution in [0.25, 0.3) is 0 Å². The highest BCUT2D eigenvalue weighted by molar-refractivity contribution is 5.82. The number of ether oxygens (including phenoxy) is 1. The third-order valence-electron chi connectivity index (χ3n) is 1.48. The Labute approximate surface area is 85.8 Å². The minimum atomic E-state index is -1.27. The van der Waals surface area contributed by atoms with Crippen LogP contribution in [-0.4, -0.2) is 40.3 Å². The lowest BCUT2D eigenvalue weighted by molar-refractivity contribution is -0.155. The Morgan fingerprint density at radius 2 is 1.67 bits per heavy atom. The Bertz CT molecular complexity index is 264. The number of rotatable bonds is 6. The average molecular weight is 219 g/mol. The van der Waals surface area contributed by atoms with Gasteiger partial charge in [-0.1, -0.05) is 0 Å². The Kier molecular flexibility index (Phi) is 5.32. The van der Waals surface area contributed by atoms with Crippen molar-refractivity contribution in [2.45, 2.75) is 31.9 Å². The number of nitrogens with two attached hydrogens (primary N) is 1. The zero-order valence-electron chi connectivity index (χ0n) is 8.17. The van der Waals surface area contributed by atoms with Crippen molar-refractivity contribution in [1.29, 1.82) is 0 Å². The van der Waals surface area contributed by atoms with Crippen molar-refractivity contribution in [3.8, 4) is 0 Å². The highest BCUT2D eigenvalue weighted by atomic mass is 16.5. The Morgan fingerprint density at radius 1 is 1.20 bits per heavy atom. The first-order valence-corrected chi connectivity index (χ1v) is 4.22. The minimum Gasteiger partial charge on any atom is -0.481 e. The van der Waals surface area contributed by atoms with E-state index >= 15 is 0 Å². The van der Waals surface area contributed by atoms with Crippen LogP contribution in [0.15, 0.2) is 0 Å². The summed E-state index contributed by atoms with van der Waals surface area (Å²) in [4.78, 5) is 31.5. The molecule has 0 bridgehead atoms. The molecule has 4 N–H and O–H groups in total. The average Bonchev–Trinajstić information content (AvgIpc) is 2.00. The molecule has 0 heterocycles. The molecule has 0 aromatic carbocycles. The van der Waals surface area contributed by atoms with Gasteiger partial charge in [-0.3, -0.25) is 14.4 Å². The maximum Gasteiger partial charge on any atom is 0.323 e. The van der Waals surface area contributed by atoms with Gasteiger partial charge >= 0.3 is 17.9 Å². The van der Waals surface area contributed by atoms with Crippen LogP contribution >= 0.6 is 0 Å². The monoisotopic (exact) mass is 219 g/mol. The van der Waals surface area contributed by atoms with Crippen LogP contribution in [0.2, 0.25) is 0 Å². The maximum absolute atomic E-state index is 11.1. The highest BCUT2D eigenvalue weighted by Gasteiger charge is 2.21. The molecule has 0 fully saturated rings. The van der Waals surface area contributed by atoms with Gasteiger partial charge in [0.1, 0.15) is 12.1 Å². The van der Waals surface area contributed by atoms with Crippen molar-refractivity contribution >= 4 is 17.9 Å². The molecule has 7 nitrogen and oxygen atoms in total. The summed E-state index contributed by atoms with van der Waals surface area (Å²) in [7, 11) is 0. The Balaban J connectivity index is 4.01. The van der Waals surface area contributed by atoms with Crippen LogP contribution < -0.4 is 5.73 Å². The van der Waals surface area contributed by atoms with Gasteiger partial charge in [0.05, 0.1) is 12.8 Å². The molecule has 0 aliphatic rings. The fraction of sp³-hybridized carbons (Fsp3) is 0.625. The molecule has 0 saturated carbocycles. The summed E-state index contributed by atoms with van der Waals surface area (Å²) in [5.41, 5.74) is 5.19. The van der Waals surface area contributed by atoms with Gasteiger partial charge in [-0.05, 0) is 6.92 Å². The molecule has 1 unspecified atom stereocenters. The van der Waals surface area contributed by atoms with Gasteiger partial charge in [-0.15, -0.1) is 0 Å². The number of esters is 1. The standard InChI is InChI=1S/C8H13NO6/c1-4(2-6(10)11)15-8(14)5(9)3-7(12)13/h4-5H,2-3,9H2,1H3,(H,10,11)(H,12,13)/t4?,5-/m0/s1. The molecule has 0 spiro atoms. The van der Waals surface area contributed by atoms with Gasteiger partial charge in [0, 0.05) is 0 Å². The van der Waals surface area contributed by atoms with Crippen LogP contribution in [0.1, 0.15) is 19.8 Å². The normalized spacial score (nSPS) is 14.0. The van der Waals surface area contributed by atoms with E-state index < -0.39 is 36.5 Å². The van der Waals surface area contributed by atoms with E-state index in [-0.39, 0.29) is 6.42 Å². The zero-order valence-corrected chi connectivity index (χ0v) is 8.17. The molecule has 0 amide bonds. The fourth-order valence-corrected chi connectivity index (χ4v) is 0.845. The molecule has 86 valence electrons. The largest absolute Gasteiger partial charge is 0.481 e. The van der Waals surface area contributed by atoms with Gasteiger partial charge in [0.2, 0.25) is 0 Å². The van der Waals surface area contributed by atoms with Crippen LogP contribution in [0, 0.1) is 0 Å². The molecule has 0 rings (SSSR count). The lowest BCUT2D eigenvalue weighted by atomic mass is 10.2. The van der Waals surface area contributed by atoms with Gasteiger partial charge in [-0.25, -0.2) is 0 Å². The van der Waals surface area contributed by atoms with Gasteiger partial charge < -0.3 is 20.7 Å². The van der Waals surface area contributed by atoms with E-state index in [1.54, 1.807) is 0 Å². The molecule has 2 atom stereocenters. The summed E-state index contributed by atoms with van der Waals surface area (Å²) in [5.74, 6) is -3.24. The SMILES string of the molecule is CC(CC(=O)O)OC(=O)[C@@H](N)CC(=O)O. The summed E-state index contributed by atoms with van der Waals surface area (Å²) in [6, 6.07) is -1.27. The van der Waals surface area contributed by atoms with Crippen molar-refractivity contribution < 1.29 is 29.3 Å². The topological polar surface area (TPSA) is 127 Å². The van der Waals surface area contributed by atoms with E-state index in [9.17, 15) is 14.4 Å². The second kappa shape index (κ2) is 5.97. The number of hydrogen-bond acceptors (Lipinski definition) is 5. The van der Waals surface area contributed by atoms with Gasteiger partial charge in [0.25, 0.3) is 0 Å². The molecule has 7 heteroatoms. The van der Waals surface area contributed by atoms with E-state index in [0.29, 0.717) is 0 Å². The molecule has 0 aliphatic heterocycles. The van der Waals surface area contributed by atoms with Crippen molar-refractivity contribution in [2.75, 3.05) is 0 Å². The molecule has 15 heavy (non-hydrogen) atoms. The molecule has 0 aromatic rings. The van der Waals surface area contributed by atoms with Crippen LogP contribution in [0.4, 0.5) is 0 Å². The second-order valence-corrected chi connectivity index (χ2v) is 3.05. The van der Waals surface area contributed by atoms with Crippen LogP contribution in [-0.2, 0) is 19.1 Å². The highest BCUT2D eigenvalue weighted by Crippen LogP contribution is 2.01. The number of carbonyl (C=O) groups excluding carboxylic acids is 1. The van der Waals surface area contributed by atoms with E-state index in [1.165, 1.54) is 6.92 Å². The number of hydrogen-bond donors (Lipinski definition) is 3. The van der Waals surface area contributed by atoms with Crippen molar-refractivity contribution in [2.24, 2.45) is 5.73 Å². The van der Waals surface area contributed by atoms with Crippen molar-refractivity contribution in [1.82, 2.24) is 0 Å². The summed E-state index contributed by atoms with van der Waals surface area (Å²) < 4.78 is 4.62. The fourth-order valence-electron chi connectivity index (χ4n) is 0.845. The Hall–Kier alpha value is -1.63. The lowest BCUT2D eigenvalue weighted by Gasteiger charge is -2.13. The zero-order chi connectivity index (χ0) is 12.0. The maximum atomic E-state index is 11.1. The van der Waals surface area contributed by atoms with Crippen LogP contribution in [0.3, 0.4) is 0 Å². The number of carboxylic acids is 2. The van der Waals surface area contributed by atoms with E-state index in [1.807, 2.05) is 0 Å². The van der Waals surface area contributed by atoms with E-state index in [0.717, 1.165) is 0 Å². The molecular weight excluding hydrogens is 206 g/mol. The number of aliphatic carboxylic acids is 2. The predicted octanol–water partition coefficient (Wildman–Crippen LogP) is -0.805. The number of carbonyl (C=O) groups is 3. The smallest absolute Gasteiger partial charge is 0.323 e.